The summed E-state index contributed by atoms with van der Waals surface area (Å²) in [5.74, 6) is 0.685. The van der Waals surface area contributed by atoms with Crippen molar-refractivity contribution in [2.75, 3.05) is 31.1 Å². The van der Waals surface area contributed by atoms with Gasteiger partial charge >= 0.3 is 0 Å². The molecule has 2 aromatic heterocycles. The van der Waals surface area contributed by atoms with Gasteiger partial charge < -0.3 is 4.90 Å². The molecule has 1 aliphatic carbocycles. The van der Waals surface area contributed by atoms with E-state index in [1.165, 1.54) is 17.8 Å². The summed E-state index contributed by atoms with van der Waals surface area (Å²) in [7, 11) is 0. The minimum atomic E-state index is 0.0315. The SMILES string of the molecule is CC(C)n1cnc2cc(N3CCN(Cc4nnc(C5CC5)s4)CC3)ccc2c1=O. The van der Waals surface area contributed by atoms with Gasteiger partial charge in [0, 0.05) is 43.8 Å². The number of anilines is 1. The molecule has 3 heterocycles. The highest BCUT2D eigenvalue weighted by Gasteiger charge is 2.28. The summed E-state index contributed by atoms with van der Waals surface area (Å²) in [5, 5.41) is 11.8. The summed E-state index contributed by atoms with van der Waals surface area (Å²) in [6.45, 7) is 8.81. The normalized spacial score (nSPS) is 18.1. The minimum Gasteiger partial charge on any atom is -0.369 e. The Morgan fingerprint density at radius 1 is 1.14 bits per heavy atom. The number of rotatable bonds is 5. The third-order valence-corrected chi connectivity index (χ3v) is 6.90. The Hall–Kier alpha value is -2.32. The number of aromatic nitrogens is 4. The molecule has 0 N–H and O–H groups in total. The van der Waals surface area contributed by atoms with E-state index in [2.05, 4.69) is 31.0 Å². The van der Waals surface area contributed by atoms with Gasteiger partial charge in [-0.25, -0.2) is 4.98 Å². The first-order valence-electron chi connectivity index (χ1n) is 10.4. The van der Waals surface area contributed by atoms with E-state index >= 15 is 0 Å². The van der Waals surface area contributed by atoms with Gasteiger partial charge in [-0.2, -0.15) is 0 Å². The first kappa shape index (κ1) is 18.7. The van der Waals surface area contributed by atoms with Crippen LogP contribution in [0.5, 0.6) is 0 Å². The van der Waals surface area contributed by atoms with E-state index in [-0.39, 0.29) is 11.6 Å². The van der Waals surface area contributed by atoms with Crippen molar-refractivity contribution in [2.45, 2.75) is 45.2 Å². The quantitative estimate of drug-likeness (QED) is 0.644. The monoisotopic (exact) mass is 410 g/mol. The second-order valence-corrected chi connectivity index (χ2v) is 9.42. The van der Waals surface area contributed by atoms with Crippen molar-refractivity contribution in [1.29, 1.82) is 0 Å². The maximum atomic E-state index is 12.6. The van der Waals surface area contributed by atoms with Crippen LogP contribution in [0, 0.1) is 0 Å². The van der Waals surface area contributed by atoms with Crippen LogP contribution in [-0.4, -0.2) is 50.8 Å². The van der Waals surface area contributed by atoms with E-state index in [0.29, 0.717) is 11.3 Å². The van der Waals surface area contributed by atoms with Crippen LogP contribution in [0.3, 0.4) is 0 Å². The lowest BCUT2D eigenvalue weighted by Gasteiger charge is -2.35. The predicted octanol–water partition coefficient (Wildman–Crippen LogP) is 3.03. The van der Waals surface area contributed by atoms with E-state index in [1.807, 2.05) is 26.0 Å². The van der Waals surface area contributed by atoms with Crippen molar-refractivity contribution in [3.05, 3.63) is 44.9 Å². The molecule has 0 spiro atoms. The van der Waals surface area contributed by atoms with E-state index in [1.54, 1.807) is 22.2 Å². The Kier molecular flexibility index (Phi) is 4.83. The van der Waals surface area contributed by atoms with Crippen molar-refractivity contribution in [1.82, 2.24) is 24.6 Å². The van der Waals surface area contributed by atoms with Crippen LogP contribution >= 0.6 is 11.3 Å². The molecule has 1 saturated carbocycles. The molecule has 152 valence electrons. The van der Waals surface area contributed by atoms with Crippen molar-refractivity contribution in [2.24, 2.45) is 0 Å². The lowest BCUT2D eigenvalue weighted by atomic mass is 10.2. The highest BCUT2D eigenvalue weighted by atomic mass is 32.1. The Balaban J connectivity index is 1.25. The predicted molar refractivity (Wildman–Crippen MR) is 116 cm³/mol. The number of hydrogen-bond donors (Lipinski definition) is 0. The number of benzene rings is 1. The molecule has 2 aliphatic rings. The van der Waals surface area contributed by atoms with Crippen molar-refractivity contribution < 1.29 is 0 Å². The summed E-state index contributed by atoms with van der Waals surface area (Å²) in [6.07, 6.45) is 4.22. The zero-order valence-electron chi connectivity index (χ0n) is 16.9. The van der Waals surface area contributed by atoms with E-state index in [0.717, 1.165) is 48.9 Å². The first-order chi connectivity index (χ1) is 14.1. The molecule has 29 heavy (non-hydrogen) atoms. The van der Waals surface area contributed by atoms with Crippen molar-refractivity contribution in [3.63, 3.8) is 0 Å². The molecule has 5 rings (SSSR count). The summed E-state index contributed by atoms with van der Waals surface area (Å²) < 4.78 is 1.68. The highest BCUT2D eigenvalue weighted by Crippen LogP contribution is 2.41. The molecular weight excluding hydrogens is 384 g/mol. The standard InChI is InChI=1S/C21H26N6OS/c1-14(2)27-13-22-18-11-16(5-6-17(18)21(27)28)26-9-7-25(8-10-26)12-19-23-24-20(29-19)15-3-4-15/h5-6,11,13-15H,3-4,7-10,12H2,1-2H3. The summed E-state index contributed by atoms with van der Waals surface area (Å²) in [5.41, 5.74) is 1.94. The third-order valence-electron chi connectivity index (χ3n) is 5.83. The fourth-order valence-corrected chi connectivity index (χ4v) is 4.92. The number of hydrogen-bond acceptors (Lipinski definition) is 7. The van der Waals surface area contributed by atoms with Gasteiger partial charge in [0.05, 0.1) is 23.8 Å². The van der Waals surface area contributed by atoms with Gasteiger partial charge in [-0.3, -0.25) is 14.3 Å². The van der Waals surface area contributed by atoms with E-state index in [4.69, 9.17) is 0 Å². The van der Waals surface area contributed by atoms with Gasteiger partial charge in [-0.05, 0) is 44.9 Å². The summed E-state index contributed by atoms with van der Waals surface area (Å²) in [6, 6.07) is 6.13. The Labute approximate surface area is 174 Å². The topological polar surface area (TPSA) is 67.2 Å². The molecule has 2 fully saturated rings. The molecule has 0 atom stereocenters. The number of fused-ring (bicyclic) bond motifs is 1. The molecule has 8 heteroatoms. The Bertz CT molecular complexity index is 1080. The second-order valence-electron chi connectivity index (χ2n) is 8.32. The molecular formula is C21H26N6OS. The van der Waals surface area contributed by atoms with E-state index < -0.39 is 0 Å². The Morgan fingerprint density at radius 3 is 2.66 bits per heavy atom. The van der Waals surface area contributed by atoms with Gasteiger partial charge in [-0.1, -0.05) is 11.3 Å². The van der Waals surface area contributed by atoms with Gasteiger partial charge in [0.25, 0.3) is 5.56 Å². The van der Waals surface area contributed by atoms with Crippen molar-refractivity contribution >= 4 is 27.9 Å². The summed E-state index contributed by atoms with van der Waals surface area (Å²) >= 11 is 1.78. The van der Waals surface area contributed by atoms with Crippen molar-refractivity contribution in [3.8, 4) is 0 Å². The van der Waals surface area contributed by atoms with Crippen LogP contribution in [0.1, 0.15) is 48.7 Å². The van der Waals surface area contributed by atoms with Crippen LogP contribution in [-0.2, 0) is 6.54 Å². The average molecular weight is 411 g/mol. The molecule has 1 aromatic carbocycles. The van der Waals surface area contributed by atoms with Crippen LogP contribution in [0.4, 0.5) is 5.69 Å². The van der Waals surface area contributed by atoms with Gasteiger partial charge in [0.2, 0.25) is 0 Å². The van der Waals surface area contributed by atoms with E-state index in [9.17, 15) is 4.79 Å². The highest BCUT2D eigenvalue weighted by molar-refractivity contribution is 7.11. The number of piperazine rings is 1. The van der Waals surface area contributed by atoms with Crippen LogP contribution in [0.15, 0.2) is 29.3 Å². The molecule has 0 bridgehead atoms. The average Bonchev–Trinajstić information content (AvgIpc) is 3.47. The smallest absolute Gasteiger partial charge is 0.261 e. The molecule has 3 aromatic rings. The van der Waals surface area contributed by atoms with Gasteiger partial charge in [0.1, 0.15) is 10.0 Å². The Morgan fingerprint density at radius 2 is 1.93 bits per heavy atom. The zero-order valence-corrected chi connectivity index (χ0v) is 17.7. The molecule has 1 saturated heterocycles. The fourth-order valence-electron chi connectivity index (χ4n) is 3.87. The molecule has 7 nitrogen and oxygen atoms in total. The summed E-state index contributed by atoms with van der Waals surface area (Å²) in [4.78, 5) is 22.0. The lowest BCUT2D eigenvalue weighted by molar-refractivity contribution is 0.249. The molecule has 0 amide bonds. The largest absolute Gasteiger partial charge is 0.369 e. The third kappa shape index (κ3) is 3.79. The van der Waals surface area contributed by atoms with Crippen LogP contribution in [0.2, 0.25) is 0 Å². The molecule has 1 aliphatic heterocycles. The molecule has 0 unspecified atom stereocenters. The lowest BCUT2D eigenvalue weighted by Crippen LogP contribution is -2.46. The number of nitrogens with zero attached hydrogens (tertiary/aromatic N) is 6. The maximum absolute atomic E-state index is 12.6. The maximum Gasteiger partial charge on any atom is 0.261 e. The zero-order chi connectivity index (χ0) is 20.0. The first-order valence-corrected chi connectivity index (χ1v) is 11.2. The fraction of sp³-hybridized carbons (Fsp3) is 0.524. The minimum absolute atomic E-state index is 0.0315. The van der Waals surface area contributed by atoms with Crippen LogP contribution in [0.25, 0.3) is 10.9 Å². The van der Waals surface area contributed by atoms with Gasteiger partial charge in [0.15, 0.2) is 0 Å². The van der Waals surface area contributed by atoms with Gasteiger partial charge in [-0.15, -0.1) is 10.2 Å². The molecule has 0 radical (unpaired) electrons. The van der Waals surface area contributed by atoms with Crippen LogP contribution < -0.4 is 10.5 Å². The second kappa shape index (κ2) is 7.50.